The molecule has 9 nitrogen and oxygen atoms in total. The molecule has 0 amide bonds. The standard InChI is InChI=1S/C56H102NO8P/c1-6-8-10-12-14-16-18-20-22-23-24-25-26-27-28-29-30-31-32-33-35-37-39-41-43-45-47-49-56(59)65-54(53-64-66(60,61)63-51-50-57(3,4)5)52-62-55(58)48-46-44-42-40-38-36-34-21-19-17-15-13-11-9-7-2/h15,17-18,20-21,23-24,26-27,34,54H,6-14,16,19,22,25,28-33,35-53H2,1-5H3/p+1/b17-15-,20-18-,24-23-,27-26-,34-21-. The molecule has 384 valence electrons. The quantitative estimate of drug-likeness (QED) is 0.0211. The predicted molar refractivity (Wildman–Crippen MR) is 279 cm³/mol. The van der Waals surface area contributed by atoms with Gasteiger partial charge in [-0.3, -0.25) is 18.6 Å². The number of phosphoric acid groups is 1. The van der Waals surface area contributed by atoms with Crippen LogP contribution in [-0.4, -0.2) is 74.9 Å². The van der Waals surface area contributed by atoms with Crippen LogP contribution in [0.25, 0.3) is 0 Å². The number of nitrogens with zero attached hydrogens (tertiary/aromatic N) is 1. The van der Waals surface area contributed by atoms with Gasteiger partial charge in [0, 0.05) is 12.8 Å². The molecule has 0 bridgehead atoms. The highest BCUT2D eigenvalue weighted by Crippen LogP contribution is 2.43. The molecule has 0 aliphatic rings. The highest BCUT2D eigenvalue weighted by molar-refractivity contribution is 7.47. The molecule has 2 unspecified atom stereocenters. The van der Waals surface area contributed by atoms with E-state index < -0.39 is 26.5 Å². The number of esters is 2. The molecule has 0 saturated carbocycles. The summed E-state index contributed by atoms with van der Waals surface area (Å²) in [7, 11) is 1.47. The number of likely N-dealkylation sites (N-methyl/N-ethyl adjacent to an activating group) is 1. The van der Waals surface area contributed by atoms with E-state index >= 15 is 0 Å². The van der Waals surface area contributed by atoms with Gasteiger partial charge in [0.05, 0.1) is 27.7 Å². The summed E-state index contributed by atoms with van der Waals surface area (Å²) in [5, 5.41) is 0. The molecule has 66 heavy (non-hydrogen) atoms. The van der Waals surface area contributed by atoms with Gasteiger partial charge in [0.15, 0.2) is 6.10 Å². The van der Waals surface area contributed by atoms with Crippen molar-refractivity contribution in [1.29, 1.82) is 0 Å². The van der Waals surface area contributed by atoms with Crippen LogP contribution in [-0.2, 0) is 32.7 Å². The van der Waals surface area contributed by atoms with Crippen molar-refractivity contribution >= 4 is 19.8 Å². The molecule has 0 saturated heterocycles. The first kappa shape index (κ1) is 63.7. The van der Waals surface area contributed by atoms with Gasteiger partial charge in [-0.1, -0.05) is 197 Å². The van der Waals surface area contributed by atoms with Crippen molar-refractivity contribution in [2.45, 2.75) is 238 Å². The van der Waals surface area contributed by atoms with Crippen LogP contribution in [0.1, 0.15) is 232 Å². The Kier molecular flexibility index (Phi) is 46.1. The SMILES string of the molecule is CCCCC/C=C\C/C=C\CCCCCCCC(=O)OCC(COP(=O)(O)OCC[N+](C)(C)C)OC(=O)CCCCCCCCCCCCCC/C=C\C/C=C\C/C=C\CCCCCCC. The topological polar surface area (TPSA) is 108 Å². The fourth-order valence-electron chi connectivity index (χ4n) is 7.29. The zero-order valence-electron chi connectivity index (χ0n) is 43.4. The van der Waals surface area contributed by atoms with E-state index in [-0.39, 0.29) is 32.0 Å². The van der Waals surface area contributed by atoms with Gasteiger partial charge < -0.3 is 18.9 Å². The van der Waals surface area contributed by atoms with Crippen molar-refractivity contribution in [1.82, 2.24) is 0 Å². The van der Waals surface area contributed by atoms with E-state index in [4.69, 9.17) is 18.5 Å². The van der Waals surface area contributed by atoms with E-state index in [1.165, 1.54) is 122 Å². The van der Waals surface area contributed by atoms with Crippen LogP contribution >= 0.6 is 7.82 Å². The minimum absolute atomic E-state index is 0.0273. The van der Waals surface area contributed by atoms with Crippen LogP contribution in [0.3, 0.4) is 0 Å². The average Bonchev–Trinajstić information content (AvgIpc) is 3.27. The number of hydrogen-bond donors (Lipinski definition) is 1. The summed E-state index contributed by atoms with van der Waals surface area (Å²) in [6, 6.07) is 0. The Labute approximate surface area is 406 Å². The van der Waals surface area contributed by atoms with E-state index in [9.17, 15) is 19.0 Å². The van der Waals surface area contributed by atoms with Gasteiger partial charge in [-0.25, -0.2) is 4.57 Å². The molecule has 10 heteroatoms. The fourth-order valence-corrected chi connectivity index (χ4v) is 8.03. The summed E-state index contributed by atoms with van der Waals surface area (Å²) in [5.74, 6) is -0.814. The Morgan fingerprint density at radius 2 is 0.818 bits per heavy atom. The number of allylic oxidation sites excluding steroid dienone is 10. The number of hydrogen-bond acceptors (Lipinski definition) is 7. The molecule has 0 radical (unpaired) electrons. The average molecular weight is 949 g/mol. The van der Waals surface area contributed by atoms with Gasteiger partial charge in [-0.15, -0.1) is 0 Å². The Morgan fingerprint density at radius 3 is 1.24 bits per heavy atom. The van der Waals surface area contributed by atoms with Crippen molar-refractivity contribution in [2.75, 3.05) is 47.5 Å². The van der Waals surface area contributed by atoms with Gasteiger partial charge in [0.2, 0.25) is 0 Å². The Morgan fingerprint density at radius 1 is 0.470 bits per heavy atom. The first-order chi connectivity index (χ1) is 32.0. The molecule has 0 aromatic rings. The zero-order chi connectivity index (χ0) is 48.5. The zero-order valence-corrected chi connectivity index (χ0v) is 44.3. The lowest BCUT2D eigenvalue weighted by Gasteiger charge is -2.24. The number of quaternary nitrogens is 1. The third-order valence-corrected chi connectivity index (χ3v) is 12.5. The Hall–Kier alpha value is -2.29. The molecule has 0 fully saturated rings. The van der Waals surface area contributed by atoms with E-state index in [2.05, 4.69) is 74.6 Å². The number of ether oxygens (including phenoxy) is 2. The van der Waals surface area contributed by atoms with Crippen LogP contribution in [0.5, 0.6) is 0 Å². The van der Waals surface area contributed by atoms with E-state index in [0.717, 1.165) is 77.0 Å². The predicted octanol–water partition coefficient (Wildman–Crippen LogP) is 16.4. The Bertz CT molecular complexity index is 1300. The lowest BCUT2D eigenvalue weighted by Crippen LogP contribution is -2.37. The van der Waals surface area contributed by atoms with Crippen molar-refractivity contribution < 1.29 is 42.1 Å². The molecular weight excluding hydrogens is 846 g/mol. The number of rotatable bonds is 49. The maximum Gasteiger partial charge on any atom is 0.472 e. The molecule has 0 spiro atoms. The summed E-state index contributed by atoms with van der Waals surface area (Å²) in [4.78, 5) is 35.6. The molecule has 0 aromatic carbocycles. The smallest absolute Gasteiger partial charge is 0.462 e. The third kappa shape index (κ3) is 51.1. The monoisotopic (exact) mass is 949 g/mol. The van der Waals surface area contributed by atoms with Crippen LogP contribution in [0.15, 0.2) is 60.8 Å². The van der Waals surface area contributed by atoms with Crippen molar-refractivity contribution in [3.8, 4) is 0 Å². The van der Waals surface area contributed by atoms with Crippen LogP contribution in [0.2, 0.25) is 0 Å². The van der Waals surface area contributed by atoms with Gasteiger partial charge >= 0.3 is 19.8 Å². The first-order valence-electron chi connectivity index (χ1n) is 27.0. The highest BCUT2D eigenvalue weighted by Gasteiger charge is 2.27. The minimum atomic E-state index is -4.39. The lowest BCUT2D eigenvalue weighted by atomic mass is 10.0. The second-order valence-electron chi connectivity index (χ2n) is 19.3. The third-order valence-electron chi connectivity index (χ3n) is 11.5. The largest absolute Gasteiger partial charge is 0.472 e. The van der Waals surface area contributed by atoms with Crippen LogP contribution < -0.4 is 0 Å². The summed E-state index contributed by atoms with van der Waals surface area (Å²) < 4.78 is 34.5. The normalized spacial score (nSPS) is 13.8. The van der Waals surface area contributed by atoms with Crippen molar-refractivity contribution in [2.24, 2.45) is 0 Å². The molecule has 2 atom stereocenters. The second kappa shape index (κ2) is 47.8. The van der Waals surface area contributed by atoms with E-state index in [1.54, 1.807) is 0 Å². The van der Waals surface area contributed by atoms with Crippen LogP contribution in [0.4, 0.5) is 0 Å². The van der Waals surface area contributed by atoms with Gasteiger partial charge in [-0.05, 0) is 83.5 Å². The maximum absolute atomic E-state index is 12.8. The maximum atomic E-state index is 12.8. The summed E-state index contributed by atoms with van der Waals surface area (Å²) in [6.07, 6.45) is 59.9. The molecule has 1 N–H and O–H groups in total. The van der Waals surface area contributed by atoms with Gasteiger partial charge in [0.1, 0.15) is 19.8 Å². The molecule has 0 aliphatic heterocycles. The Balaban J connectivity index is 4.19. The molecular formula is C56H103NO8P+. The highest BCUT2D eigenvalue weighted by atomic mass is 31.2. The van der Waals surface area contributed by atoms with Crippen molar-refractivity contribution in [3.05, 3.63) is 60.8 Å². The van der Waals surface area contributed by atoms with E-state index in [0.29, 0.717) is 17.4 Å². The van der Waals surface area contributed by atoms with Gasteiger partial charge in [0.25, 0.3) is 0 Å². The molecule has 0 aliphatic carbocycles. The molecule has 0 rings (SSSR count). The summed E-state index contributed by atoms with van der Waals surface area (Å²) in [6.45, 7) is 4.38. The summed E-state index contributed by atoms with van der Waals surface area (Å²) >= 11 is 0. The molecule has 0 heterocycles. The van der Waals surface area contributed by atoms with Crippen LogP contribution in [0, 0.1) is 0 Å². The first-order valence-corrected chi connectivity index (χ1v) is 28.5. The van der Waals surface area contributed by atoms with Crippen molar-refractivity contribution in [3.63, 3.8) is 0 Å². The van der Waals surface area contributed by atoms with Gasteiger partial charge in [-0.2, -0.15) is 0 Å². The minimum Gasteiger partial charge on any atom is -0.462 e. The second-order valence-corrected chi connectivity index (χ2v) is 20.7. The number of phosphoric ester groups is 1. The number of carbonyl (C=O) groups excluding carboxylic acids is 2. The summed E-state index contributed by atoms with van der Waals surface area (Å²) in [5.41, 5.74) is 0. The number of unbranched alkanes of at least 4 members (excludes halogenated alkanes) is 25. The number of carbonyl (C=O) groups is 2. The fraction of sp³-hybridized carbons (Fsp3) is 0.786. The lowest BCUT2D eigenvalue weighted by molar-refractivity contribution is -0.870. The molecule has 0 aromatic heterocycles. The van der Waals surface area contributed by atoms with E-state index in [1.807, 2.05) is 21.1 Å².